The number of nitrogens with one attached hydrogen (secondary N) is 1. The summed E-state index contributed by atoms with van der Waals surface area (Å²) in [4.78, 5) is 10.3. The molecule has 0 aliphatic carbocycles. The van der Waals surface area contributed by atoms with E-state index in [1.807, 2.05) is 12.3 Å². The Bertz CT molecular complexity index is 914. The first kappa shape index (κ1) is 18.3. The lowest BCUT2D eigenvalue weighted by molar-refractivity contribution is -0.243. The van der Waals surface area contributed by atoms with E-state index in [0.717, 1.165) is 23.4 Å². The fourth-order valence-corrected chi connectivity index (χ4v) is 5.26. The van der Waals surface area contributed by atoms with Gasteiger partial charge in [-0.25, -0.2) is 9.97 Å². The van der Waals surface area contributed by atoms with Crippen LogP contribution < -0.4 is 5.32 Å². The smallest absolute Gasteiger partial charge is 0.223 e. The second-order valence-corrected chi connectivity index (χ2v) is 9.68. The fraction of sp³-hybridized carbons (Fsp3) is 0.429. The van der Waals surface area contributed by atoms with Crippen molar-refractivity contribution >= 4 is 27.4 Å². The molecule has 1 aromatic carbocycles. The molecule has 27 heavy (non-hydrogen) atoms. The molecule has 5 nitrogen and oxygen atoms in total. The minimum Gasteiger partial charge on any atom is -0.351 e. The number of hydrogen-bond donors (Lipinski definition) is 2. The van der Waals surface area contributed by atoms with Gasteiger partial charge in [-0.05, 0) is 64.1 Å². The first-order valence-corrected chi connectivity index (χ1v) is 10.1. The number of piperidine rings is 1. The van der Waals surface area contributed by atoms with E-state index in [1.165, 1.54) is 15.1 Å². The third kappa shape index (κ3) is 3.57. The summed E-state index contributed by atoms with van der Waals surface area (Å²) in [6, 6.07) is 12.7. The third-order valence-electron chi connectivity index (χ3n) is 5.31. The number of hydroxylamine groups is 2. The van der Waals surface area contributed by atoms with E-state index in [9.17, 15) is 5.21 Å². The van der Waals surface area contributed by atoms with Gasteiger partial charge in [-0.1, -0.05) is 18.2 Å². The minimum absolute atomic E-state index is 0.205. The highest BCUT2D eigenvalue weighted by atomic mass is 32.1. The van der Waals surface area contributed by atoms with Crippen molar-refractivity contribution < 1.29 is 5.21 Å². The molecule has 3 aromatic rings. The van der Waals surface area contributed by atoms with Crippen molar-refractivity contribution in [2.45, 2.75) is 57.7 Å². The molecule has 0 radical (unpaired) electrons. The molecular formula is C21H26N4OS. The van der Waals surface area contributed by atoms with Gasteiger partial charge in [0.1, 0.15) is 0 Å². The lowest BCUT2D eigenvalue weighted by Crippen LogP contribution is -2.61. The van der Waals surface area contributed by atoms with E-state index >= 15 is 0 Å². The zero-order valence-corrected chi connectivity index (χ0v) is 17.0. The third-order valence-corrected chi connectivity index (χ3v) is 6.44. The van der Waals surface area contributed by atoms with Crippen LogP contribution in [-0.2, 0) is 0 Å². The Morgan fingerprint density at radius 1 is 1.11 bits per heavy atom. The van der Waals surface area contributed by atoms with Crippen molar-refractivity contribution in [1.29, 1.82) is 0 Å². The number of rotatable bonds is 3. The van der Waals surface area contributed by atoms with Gasteiger partial charge in [0.2, 0.25) is 5.95 Å². The Hall–Kier alpha value is -2.02. The number of thiophene rings is 1. The topological polar surface area (TPSA) is 61.3 Å². The van der Waals surface area contributed by atoms with Crippen molar-refractivity contribution in [2.75, 3.05) is 5.32 Å². The largest absolute Gasteiger partial charge is 0.351 e. The zero-order valence-electron chi connectivity index (χ0n) is 16.2. The minimum atomic E-state index is -0.303. The SMILES string of the molecule is CC1(C)CC(Nc2nccc(-c3cc4ccccc4s3)n2)CC(C)(C)N1O. The average Bonchev–Trinajstić information content (AvgIpc) is 3.03. The normalized spacial score (nSPS) is 20.0. The van der Waals surface area contributed by atoms with E-state index in [4.69, 9.17) is 4.98 Å². The van der Waals surface area contributed by atoms with Gasteiger partial charge in [0, 0.05) is 28.0 Å². The molecule has 6 heteroatoms. The summed E-state index contributed by atoms with van der Waals surface area (Å²) in [6.07, 6.45) is 3.46. The van der Waals surface area contributed by atoms with Crippen LogP contribution in [0.15, 0.2) is 42.6 Å². The van der Waals surface area contributed by atoms with Gasteiger partial charge >= 0.3 is 0 Å². The van der Waals surface area contributed by atoms with Crippen molar-refractivity contribution in [3.8, 4) is 10.6 Å². The van der Waals surface area contributed by atoms with Crippen molar-refractivity contribution in [1.82, 2.24) is 15.0 Å². The van der Waals surface area contributed by atoms with Crippen LogP contribution in [0.3, 0.4) is 0 Å². The second-order valence-electron chi connectivity index (χ2n) is 8.60. The molecule has 1 saturated heterocycles. The van der Waals surface area contributed by atoms with Crippen LogP contribution >= 0.6 is 11.3 Å². The standard InChI is InChI=1S/C21H26N4OS/c1-20(2)12-15(13-21(3,4)25(20)26)23-19-22-10-9-16(24-19)18-11-14-7-5-6-8-17(14)27-18/h5-11,15,26H,12-13H2,1-4H3,(H,22,23,24). The predicted octanol–water partition coefficient (Wildman–Crippen LogP) is 5.18. The van der Waals surface area contributed by atoms with Crippen LogP contribution in [0.5, 0.6) is 0 Å². The van der Waals surface area contributed by atoms with Gasteiger partial charge in [-0.2, -0.15) is 5.06 Å². The highest BCUT2D eigenvalue weighted by Gasteiger charge is 2.45. The van der Waals surface area contributed by atoms with E-state index in [1.54, 1.807) is 11.3 Å². The van der Waals surface area contributed by atoms with E-state index in [2.05, 4.69) is 68.3 Å². The van der Waals surface area contributed by atoms with Gasteiger partial charge in [-0.3, -0.25) is 0 Å². The number of nitrogens with zero attached hydrogens (tertiary/aromatic N) is 3. The van der Waals surface area contributed by atoms with Gasteiger partial charge in [-0.15, -0.1) is 11.3 Å². The maximum atomic E-state index is 10.5. The summed E-state index contributed by atoms with van der Waals surface area (Å²) in [5.74, 6) is 0.646. The van der Waals surface area contributed by atoms with E-state index in [0.29, 0.717) is 5.95 Å². The molecule has 2 N–H and O–H groups in total. The van der Waals surface area contributed by atoms with Gasteiger partial charge in [0.05, 0.1) is 10.6 Å². The molecule has 1 fully saturated rings. The quantitative estimate of drug-likeness (QED) is 0.653. The lowest BCUT2D eigenvalue weighted by atomic mass is 9.79. The lowest BCUT2D eigenvalue weighted by Gasteiger charge is -2.51. The molecule has 0 spiro atoms. The molecule has 1 aliphatic rings. The Balaban J connectivity index is 1.58. The highest BCUT2D eigenvalue weighted by molar-refractivity contribution is 7.22. The molecule has 0 unspecified atom stereocenters. The summed E-state index contributed by atoms with van der Waals surface area (Å²) < 4.78 is 1.26. The summed E-state index contributed by atoms with van der Waals surface area (Å²) >= 11 is 1.75. The Morgan fingerprint density at radius 3 is 2.52 bits per heavy atom. The Morgan fingerprint density at radius 2 is 1.81 bits per heavy atom. The molecule has 0 saturated carbocycles. The van der Waals surface area contributed by atoms with Crippen LogP contribution in [-0.4, -0.2) is 37.4 Å². The molecule has 3 heterocycles. The zero-order chi connectivity index (χ0) is 19.2. The van der Waals surface area contributed by atoms with Crippen LogP contribution in [0, 0.1) is 0 Å². The number of benzene rings is 1. The molecule has 1 aliphatic heterocycles. The predicted molar refractivity (Wildman–Crippen MR) is 111 cm³/mol. The van der Waals surface area contributed by atoms with E-state index in [-0.39, 0.29) is 17.1 Å². The molecule has 0 bridgehead atoms. The van der Waals surface area contributed by atoms with Gasteiger partial charge in [0.25, 0.3) is 0 Å². The second kappa shape index (κ2) is 6.55. The molecule has 142 valence electrons. The van der Waals surface area contributed by atoms with Crippen molar-refractivity contribution in [3.63, 3.8) is 0 Å². The van der Waals surface area contributed by atoms with Crippen LogP contribution in [0.2, 0.25) is 0 Å². The number of hydrogen-bond acceptors (Lipinski definition) is 6. The van der Waals surface area contributed by atoms with Gasteiger partial charge in [0.15, 0.2) is 0 Å². The highest BCUT2D eigenvalue weighted by Crippen LogP contribution is 2.38. The molecule has 4 rings (SSSR count). The van der Waals surface area contributed by atoms with Crippen LogP contribution in [0.25, 0.3) is 20.7 Å². The van der Waals surface area contributed by atoms with E-state index < -0.39 is 0 Å². The Kier molecular flexibility index (Phi) is 4.45. The molecule has 0 atom stereocenters. The summed E-state index contributed by atoms with van der Waals surface area (Å²) in [5.41, 5.74) is 0.331. The number of anilines is 1. The monoisotopic (exact) mass is 382 g/mol. The number of aromatic nitrogens is 2. The maximum Gasteiger partial charge on any atom is 0.223 e. The van der Waals surface area contributed by atoms with Crippen molar-refractivity contribution in [2.24, 2.45) is 0 Å². The molecule has 2 aromatic heterocycles. The summed E-state index contributed by atoms with van der Waals surface area (Å²) in [5, 5.41) is 16.7. The fourth-order valence-electron chi connectivity index (χ4n) is 4.23. The van der Waals surface area contributed by atoms with Crippen molar-refractivity contribution in [3.05, 3.63) is 42.6 Å². The van der Waals surface area contributed by atoms with Gasteiger partial charge < -0.3 is 10.5 Å². The van der Waals surface area contributed by atoms with Crippen LogP contribution in [0.4, 0.5) is 5.95 Å². The summed E-state index contributed by atoms with van der Waals surface area (Å²) in [6.45, 7) is 8.27. The average molecular weight is 383 g/mol. The first-order chi connectivity index (χ1) is 12.7. The first-order valence-electron chi connectivity index (χ1n) is 9.32. The number of fused-ring (bicyclic) bond motifs is 1. The molecular weight excluding hydrogens is 356 g/mol. The maximum absolute atomic E-state index is 10.5. The van der Waals surface area contributed by atoms with Crippen LogP contribution in [0.1, 0.15) is 40.5 Å². The Labute approximate surface area is 164 Å². The molecule has 0 amide bonds. The summed E-state index contributed by atoms with van der Waals surface area (Å²) in [7, 11) is 0.